The van der Waals surface area contributed by atoms with Crippen molar-refractivity contribution in [1.29, 1.82) is 0 Å². The summed E-state index contributed by atoms with van der Waals surface area (Å²) in [6.07, 6.45) is 1.01. The molecule has 0 spiro atoms. The summed E-state index contributed by atoms with van der Waals surface area (Å²) in [5.41, 5.74) is 1.78. The van der Waals surface area contributed by atoms with Crippen LogP contribution in [0.2, 0.25) is 5.02 Å². The Kier molecular flexibility index (Phi) is 5.39. The van der Waals surface area contributed by atoms with Crippen LogP contribution in [0.4, 0.5) is 0 Å². The van der Waals surface area contributed by atoms with E-state index in [1.807, 2.05) is 31.2 Å². The van der Waals surface area contributed by atoms with E-state index in [4.69, 9.17) is 11.6 Å². The summed E-state index contributed by atoms with van der Waals surface area (Å²) in [5.74, 6) is 0. The number of rotatable bonds is 5. The van der Waals surface area contributed by atoms with E-state index in [1.54, 1.807) is 6.92 Å². The zero-order valence-electron chi connectivity index (χ0n) is 13.4. The van der Waals surface area contributed by atoms with Gasteiger partial charge in [0.25, 0.3) is 0 Å². The molecule has 130 valence electrons. The monoisotopic (exact) mass is 387 g/mol. The molecule has 0 radical (unpaired) electrons. The molecule has 0 amide bonds. The topological polar surface area (TPSA) is 80.3 Å². The molecule has 1 atom stereocenters. The number of halogens is 1. The van der Waals surface area contributed by atoms with Crippen LogP contribution in [0, 0.1) is 6.92 Å². The summed E-state index contributed by atoms with van der Waals surface area (Å²) in [6, 6.07) is 10.5. The first-order valence-electron chi connectivity index (χ1n) is 7.10. The summed E-state index contributed by atoms with van der Waals surface area (Å²) in [7, 11) is -7.52. The SMILES string of the molecule is Cc1ccccc1C(C)NS(=O)(=O)c1cc(S(C)(=O)=O)ccc1Cl. The fraction of sp³-hybridized carbons (Fsp3) is 0.250. The van der Waals surface area contributed by atoms with Crippen LogP contribution in [0.1, 0.15) is 24.1 Å². The molecule has 0 saturated heterocycles. The average molecular weight is 388 g/mol. The van der Waals surface area contributed by atoms with Gasteiger partial charge in [-0.15, -0.1) is 0 Å². The maximum atomic E-state index is 12.6. The summed E-state index contributed by atoms with van der Waals surface area (Å²) in [5, 5.41) is -0.0353. The molecule has 0 saturated carbocycles. The molecular formula is C16H18ClNO4S2. The summed E-state index contributed by atoms with van der Waals surface area (Å²) in [4.78, 5) is -0.358. The van der Waals surface area contributed by atoms with Crippen LogP contribution in [0.25, 0.3) is 0 Å². The van der Waals surface area contributed by atoms with Gasteiger partial charge < -0.3 is 0 Å². The predicted molar refractivity (Wildman–Crippen MR) is 94.5 cm³/mol. The van der Waals surface area contributed by atoms with Crippen molar-refractivity contribution in [2.24, 2.45) is 0 Å². The van der Waals surface area contributed by atoms with Gasteiger partial charge in [-0.3, -0.25) is 0 Å². The van der Waals surface area contributed by atoms with Crippen molar-refractivity contribution in [1.82, 2.24) is 4.72 Å². The summed E-state index contributed by atoms with van der Waals surface area (Å²) in [6.45, 7) is 3.60. The first kappa shape index (κ1) is 18.9. The molecule has 24 heavy (non-hydrogen) atoms. The normalized spacial score (nSPS) is 13.7. The number of hydrogen-bond acceptors (Lipinski definition) is 4. The lowest BCUT2D eigenvalue weighted by Crippen LogP contribution is -2.27. The third-order valence-electron chi connectivity index (χ3n) is 3.61. The zero-order valence-corrected chi connectivity index (χ0v) is 15.8. The van der Waals surface area contributed by atoms with Crippen LogP contribution < -0.4 is 4.72 Å². The Morgan fingerprint density at radius 3 is 2.25 bits per heavy atom. The fourth-order valence-electron chi connectivity index (χ4n) is 2.35. The molecule has 1 unspecified atom stereocenters. The molecule has 0 aliphatic heterocycles. The lowest BCUT2D eigenvalue weighted by Gasteiger charge is -2.17. The van der Waals surface area contributed by atoms with Gasteiger partial charge >= 0.3 is 0 Å². The molecule has 5 nitrogen and oxygen atoms in total. The van der Waals surface area contributed by atoms with Crippen molar-refractivity contribution in [2.75, 3.05) is 6.26 Å². The molecule has 0 fully saturated rings. The van der Waals surface area contributed by atoms with Gasteiger partial charge in [0.05, 0.1) is 9.92 Å². The van der Waals surface area contributed by atoms with Crippen molar-refractivity contribution < 1.29 is 16.8 Å². The number of benzene rings is 2. The largest absolute Gasteiger partial charge is 0.242 e. The van der Waals surface area contributed by atoms with Crippen molar-refractivity contribution in [3.63, 3.8) is 0 Å². The van der Waals surface area contributed by atoms with E-state index < -0.39 is 25.9 Å². The van der Waals surface area contributed by atoms with Crippen LogP contribution in [0.5, 0.6) is 0 Å². The molecule has 1 N–H and O–H groups in total. The molecule has 0 aromatic heterocycles. The van der Waals surface area contributed by atoms with Crippen LogP contribution in [0.3, 0.4) is 0 Å². The lowest BCUT2D eigenvalue weighted by atomic mass is 10.0. The van der Waals surface area contributed by atoms with E-state index in [2.05, 4.69) is 4.72 Å². The van der Waals surface area contributed by atoms with Gasteiger partial charge in [0.15, 0.2) is 9.84 Å². The highest BCUT2D eigenvalue weighted by Crippen LogP contribution is 2.27. The van der Waals surface area contributed by atoms with Crippen molar-refractivity contribution in [3.8, 4) is 0 Å². The lowest BCUT2D eigenvalue weighted by molar-refractivity contribution is 0.566. The fourth-order valence-corrected chi connectivity index (χ4v) is 4.82. The Labute approximate surface area is 147 Å². The average Bonchev–Trinajstić information content (AvgIpc) is 2.46. The van der Waals surface area contributed by atoms with Gasteiger partial charge in [-0.05, 0) is 43.2 Å². The van der Waals surface area contributed by atoms with Gasteiger partial charge in [-0.25, -0.2) is 21.6 Å². The predicted octanol–water partition coefficient (Wildman–Crippen LogP) is 3.09. The molecule has 0 aliphatic carbocycles. The highest BCUT2D eigenvalue weighted by molar-refractivity contribution is 7.91. The smallest absolute Gasteiger partial charge is 0.224 e. The second kappa shape index (κ2) is 6.84. The van der Waals surface area contributed by atoms with E-state index in [0.29, 0.717) is 0 Å². The van der Waals surface area contributed by atoms with E-state index in [1.165, 1.54) is 12.1 Å². The van der Waals surface area contributed by atoms with Gasteiger partial charge in [0.2, 0.25) is 10.0 Å². The molecule has 2 aromatic rings. The Hall–Kier alpha value is -1.41. The molecule has 0 aliphatic rings. The molecule has 0 bridgehead atoms. The highest BCUT2D eigenvalue weighted by Gasteiger charge is 2.23. The second-order valence-electron chi connectivity index (χ2n) is 5.56. The zero-order chi connectivity index (χ0) is 18.1. The maximum absolute atomic E-state index is 12.6. The minimum absolute atomic E-state index is 0.0353. The first-order chi connectivity index (χ1) is 11.0. The van der Waals surface area contributed by atoms with Crippen LogP contribution in [0.15, 0.2) is 52.3 Å². The van der Waals surface area contributed by atoms with Crippen LogP contribution >= 0.6 is 11.6 Å². The van der Waals surface area contributed by atoms with Gasteiger partial charge in [0.1, 0.15) is 4.90 Å². The molecule has 0 heterocycles. The number of sulfone groups is 1. The number of aryl methyl sites for hydroxylation is 1. The minimum atomic E-state index is -3.98. The second-order valence-corrected chi connectivity index (χ2v) is 9.67. The van der Waals surface area contributed by atoms with Crippen molar-refractivity contribution in [3.05, 3.63) is 58.6 Å². The molecule has 2 aromatic carbocycles. The Morgan fingerprint density at radius 2 is 1.67 bits per heavy atom. The summed E-state index contributed by atoms with van der Waals surface area (Å²) >= 11 is 5.98. The van der Waals surface area contributed by atoms with Gasteiger partial charge in [-0.2, -0.15) is 0 Å². The Balaban J connectivity index is 2.43. The number of nitrogens with one attached hydrogen (secondary N) is 1. The van der Waals surface area contributed by atoms with Crippen molar-refractivity contribution in [2.45, 2.75) is 29.7 Å². The third-order valence-corrected chi connectivity index (χ3v) is 6.74. The quantitative estimate of drug-likeness (QED) is 0.854. The first-order valence-corrected chi connectivity index (χ1v) is 10.8. The van der Waals surface area contributed by atoms with Crippen LogP contribution in [-0.2, 0) is 19.9 Å². The molecule has 8 heteroatoms. The standard InChI is InChI=1S/C16H18ClNO4S2/c1-11-6-4-5-7-14(11)12(2)18-24(21,22)16-10-13(23(3,19)20)8-9-15(16)17/h4-10,12,18H,1-3H3. The van der Waals surface area contributed by atoms with Crippen molar-refractivity contribution >= 4 is 31.5 Å². The maximum Gasteiger partial charge on any atom is 0.242 e. The highest BCUT2D eigenvalue weighted by atomic mass is 35.5. The number of hydrogen-bond donors (Lipinski definition) is 1. The van der Waals surface area contributed by atoms with E-state index in [9.17, 15) is 16.8 Å². The van der Waals surface area contributed by atoms with E-state index in [0.717, 1.165) is 23.4 Å². The Bertz CT molecular complexity index is 969. The minimum Gasteiger partial charge on any atom is -0.224 e. The Morgan fingerprint density at radius 1 is 1.04 bits per heavy atom. The van der Waals surface area contributed by atoms with E-state index >= 15 is 0 Å². The van der Waals surface area contributed by atoms with Gasteiger partial charge in [0, 0.05) is 12.3 Å². The molecular weight excluding hydrogens is 370 g/mol. The number of sulfonamides is 1. The third kappa shape index (κ3) is 4.16. The van der Waals surface area contributed by atoms with Crippen LogP contribution in [-0.4, -0.2) is 23.1 Å². The molecule has 2 rings (SSSR count). The van der Waals surface area contributed by atoms with Gasteiger partial charge in [-0.1, -0.05) is 35.9 Å². The van der Waals surface area contributed by atoms with E-state index in [-0.39, 0.29) is 14.8 Å². The summed E-state index contributed by atoms with van der Waals surface area (Å²) < 4.78 is 51.1.